The molecule has 1 saturated heterocycles. The quantitative estimate of drug-likeness (QED) is 0.715. The fourth-order valence-corrected chi connectivity index (χ4v) is 2.99. The molecule has 7 nitrogen and oxygen atoms in total. The predicted molar refractivity (Wildman–Crippen MR) is 97.6 cm³/mol. The zero-order chi connectivity index (χ0) is 18.7. The van der Waals surface area contributed by atoms with Crippen LogP contribution in [0.25, 0.3) is 6.08 Å². The van der Waals surface area contributed by atoms with Crippen LogP contribution < -0.4 is 5.32 Å². The van der Waals surface area contributed by atoms with E-state index < -0.39 is 11.9 Å². The second kappa shape index (κ2) is 7.24. The van der Waals surface area contributed by atoms with Crippen molar-refractivity contribution in [3.8, 4) is 0 Å². The fourth-order valence-electron chi connectivity index (χ4n) is 2.15. The van der Waals surface area contributed by atoms with Crippen molar-refractivity contribution in [2.45, 2.75) is 0 Å². The normalized spacial score (nSPS) is 16.7. The molecule has 0 bridgehead atoms. The van der Waals surface area contributed by atoms with Crippen molar-refractivity contribution < 1.29 is 24.6 Å². The van der Waals surface area contributed by atoms with E-state index in [0.717, 1.165) is 11.8 Å². The van der Waals surface area contributed by atoms with Crippen molar-refractivity contribution in [3.63, 3.8) is 0 Å². The Hall–Kier alpha value is -3.39. The molecule has 0 radical (unpaired) electrons. The standard InChI is InChI=1S/C18H12N2O5S/c21-15-14(9-10-1-3-11(4-2-10)16(22)23)26-18(20-15)19-13-7-5-12(6-8-13)17(24)25/h1-9H,(H,22,23)(H,24,25)(H,19,20,21)/b14-9-. The van der Waals surface area contributed by atoms with Gasteiger partial charge in [-0.05, 0) is 59.8 Å². The Morgan fingerprint density at radius 1 is 0.923 bits per heavy atom. The van der Waals surface area contributed by atoms with E-state index in [1.54, 1.807) is 30.3 Å². The number of carbonyl (C=O) groups is 3. The van der Waals surface area contributed by atoms with E-state index in [1.165, 1.54) is 24.3 Å². The van der Waals surface area contributed by atoms with Crippen LogP contribution >= 0.6 is 11.8 Å². The van der Waals surface area contributed by atoms with Crippen molar-refractivity contribution in [2.75, 3.05) is 0 Å². The van der Waals surface area contributed by atoms with Crippen molar-refractivity contribution in [1.82, 2.24) is 5.32 Å². The van der Waals surface area contributed by atoms with Crippen LogP contribution in [0.1, 0.15) is 26.3 Å². The van der Waals surface area contributed by atoms with Gasteiger partial charge in [0.2, 0.25) is 0 Å². The summed E-state index contributed by atoms with van der Waals surface area (Å²) in [4.78, 5) is 38.4. The lowest BCUT2D eigenvalue weighted by Crippen LogP contribution is -2.19. The van der Waals surface area contributed by atoms with E-state index in [2.05, 4.69) is 10.3 Å². The number of hydrogen-bond donors (Lipinski definition) is 3. The van der Waals surface area contributed by atoms with Crippen molar-refractivity contribution >= 4 is 46.5 Å². The summed E-state index contributed by atoms with van der Waals surface area (Å²) in [7, 11) is 0. The first-order chi connectivity index (χ1) is 12.4. The largest absolute Gasteiger partial charge is 0.478 e. The van der Waals surface area contributed by atoms with Crippen molar-refractivity contribution in [2.24, 2.45) is 4.99 Å². The minimum absolute atomic E-state index is 0.155. The summed E-state index contributed by atoms with van der Waals surface area (Å²) in [6, 6.07) is 12.1. The number of carboxylic acids is 2. The van der Waals surface area contributed by atoms with Crippen LogP contribution in [0.3, 0.4) is 0 Å². The van der Waals surface area contributed by atoms with Gasteiger partial charge in [-0.25, -0.2) is 14.6 Å². The Morgan fingerprint density at radius 3 is 2.00 bits per heavy atom. The summed E-state index contributed by atoms with van der Waals surface area (Å²) in [6.07, 6.45) is 1.64. The van der Waals surface area contributed by atoms with Crippen LogP contribution in [0, 0.1) is 0 Å². The highest BCUT2D eigenvalue weighted by atomic mass is 32.2. The molecule has 0 spiro atoms. The number of hydrogen-bond acceptors (Lipinski definition) is 5. The molecule has 0 aliphatic carbocycles. The first kappa shape index (κ1) is 17.4. The Balaban J connectivity index is 1.77. The third kappa shape index (κ3) is 3.98. The number of aliphatic imine (C=N–C) groups is 1. The average Bonchev–Trinajstić information content (AvgIpc) is 2.95. The van der Waals surface area contributed by atoms with E-state index in [4.69, 9.17) is 10.2 Å². The van der Waals surface area contributed by atoms with Crippen molar-refractivity contribution in [1.29, 1.82) is 0 Å². The van der Waals surface area contributed by atoms with Gasteiger partial charge in [0.25, 0.3) is 5.91 Å². The van der Waals surface area contributed by atoms with Gasteiger partial charge in [0.15, 0.2) is 5.17 Å². The second-order valence-electron chi connectivity index (χ2n) is 5.26. The molecular weight excluding hydrogens is 356 g/mol. The molecular formula is C18H12N2O5S. The molecule has 3 rings (SSSR count). The highest BCUT2D eigenvalue weighted by molar-refractivity contribution is 8.18. The molecule has 1 aliphatic rings. The Kier molecular flexibility index (Phi) is 4.85. The van der Waals surface area contributed by atoms with Crippen LogP contribution in [0.2, 0.25) is 0 Å². The second-order valence-corrected chi connectivity index (χ2v) is 6.29. The number of nitrogens with zero attached hydrogens (tertiary/aromatic N) is 1. The maximum atomic E-state index is 12.0. The SMILES string of the molecule is O=C1NC(=Nc2ccc(C(=O)O)cc2)S/C1=C\c1ccc(C(=O)O)cc1. The highest BCUT2D eigenvalue weighted by Crippen LogP contribution is 2.28. The maximum absolute atomic E-state index is 12.0. The van der Waals surface area contributed by atoms with E-state index >= 15 is 0 Å². The number of amides is 1. The molecule has 2 aromatic rings. The zero-order valence-corrected chi connectivity index (χ0v) is 14.0. The van der Waals surface area contributed by atoms with Gasteiger partial charge in [0, 0.05) is 0 Å². The molecule has 3 N–H and O–H groups in total. The number of carboxylic acid groups (broad SMARTS) is 2. The lowest BCUT2D eigenvalue weighted by molar-refractivity contribution is -0.115. The molecule has 0 aromatic heterocycles. The summed E-state index contributed by atoms with van der Waals surface area (Å²) in [6.45, 7) is 0. The first-order valence-corrected chi connectivity index (χ1v) is 8.20. The average molecular weight is 368 g/mol. The lowest BCUT2D eigenvalue weighted by Gasteiger charge is -1.98. The van der Waals surface area contributed by atoms with E-state index in [9.17, 15) is 14.4 Å². The topological polar surface area (TPSA) is 116 Å². The molecule has 1 fully saturated rings. The molecule has 0 atom stereocenters. The van der Waals surface area contributed by atoms with Gasteiger partial charge in [0.1, 0.15) is 0 Å². The summed E-state index contributed by atoms with van der Waals surface area (Å²) in [5.41, 5.74) is 1.54. The molecule has 130 valence electrons. The van der Waals surface area contributed by atoms with Gasteiger partial charge in [0.05, 0.1) is 21.7 Å². The highest BCUT2D eigenvalue weighted by Gasteiger charge is 2.23. The van der Waals surface area contributed by atoms with E-state index in [-0.39, 0.29) is 17.0 Å². The van der Waals surface area contributed by atoms with Gasteiger partial charge in [-0.15, -0.1) is 0 Å². The predicted octanol–water partition coefficient (Wildman–Crippen LogP) is 2.97. The monoisotopic (exact) mass is 368 g/mol. The first-order valence-electron chi connectivity index (χ1n) is 7.39. The minimum Gasteiger partial charge on any atom is -0.478 e. The van der Waals surface area contributed by atoms with Gasteiger partial charge in [-0.1, -0.05) is 12.1 Å². The third-order valence-electron chi connectivity index (χ3n) is 3.45. The van der Waals surface area contributed by atoms with E-state index in [0.29, 0.717) is 21.3 Å². The van der Waals surface area contributed by atoms with Gasteiger partial charge in [-0.3, -0.25) is 4.79 Å². The molecule has 26 heavy (non-hydrogen) atoms. The molecule has 2 aromatic carbocycles. The van der Waals surface area contributed by atoms with Gasteiger partial charge < -0.3 is 15.5 Å². The zero-order valence-electron chi connectivity index (χ0n) is 13.2. The molecule has 1 amide bonds. The Labute approximate surface area is 152 Å². The minimum atomic E-state index is -1.02. The molecule has 8 heteroatoms. The Bertz CT molecular complexity index is 947. The summed E-state index contributed by atoms with van der Waals surface area (Å²) in [5.74, 6) is -2.34. The molecule has 0 saturated carbocycles. The number of amidine groups is 1. The number of nitrogens with one attached hydrogen (secondary N) is 1. The van der Waals surface area contributed by atoms with Crippen LogP contribution in [0.5, 0.6) is 0 Å². The summed E-state index contributed by atoms with van der Waals surface area (Å²) in [5, 5.41) is 20.8. The van der Waals surface area contributed by atoms with Gasteiger partial charge in [-0.2, -0.15) is 0 Å². The number of benzene rings is 2. The smallest absolute Gasteiger partial charge is 0.335 e. The fraction of sp³-hybridized carbons (Fsp3) is 0. The summed E-state index contributed by atoms with van der Waals surface area (Å²) < 4.78 is 0. The van der Waals surface area contributed by atoms with Crippen LogP contribution in [0.15, 0.2) is 58.4 Å². The molecule has 0 unspecified atom stereocenters. The molecule has 1 heterocycles. The number of rotatable bonds is 4. The van der Waals surface area contributed by atoms with Crippen LogP contribution in [-0.4, -0.2) is 33.2 Å². The number of thioether (sulfide) groups is 1. The lowest BCUT2D eigenvalue weighted by atomic mass is 10.1. The van der Waals surface area contributed by atoms with E-state index in [1.807, 2.05) is 0 Å². The molecule has 1 aliphatic heterocycles. The van der Waals surface area contributed by atoms with Gasteiger partial charge >= 0.3 is 11.9 Å². The summed E-state index contributed by atoms with van der Waals surface area (Å²) >= 11 is 1.15. The Morgan fingerprint density at radius 2 is 1.46 bits per heavy atom. The van der Waals surface area contributed by atoms with Crippen LogP contribution in [0.4, 0.5) is 5.69 Å². The van der Waals surface area contributed by atoms with Crippen LogP contribution in [-0.2, 0) is 4.79 Å². The number of aromatic carboxylic acids is 2. The van der Waals surface area contributed by atoms with Crippen molar-refractivity contribution in [3.05, 3.63) is 70.1 Å². The maximum Gasteiger partial charge on any atom is 0.335 e. The number of carbonyl (C=O) groups excluding carboxylic acids is 1. The third-order valence-corrected chi connectivity index (χ3v) is 4.36.